The van der Waals surface area contributed by atoms with Gasteiger partial charge in [0.2, 0.25) is 0 Å². The average Bonchev–Trinajstić information content (AvgIpc) is 2.58. The van der Waals surface area contributed by atoms with Gasteiger partial charge in [-0.1, -0.05) is 0 Å². The van der Waals surface area contributed by atoms with Crippen LogP contribution in [0.4, 0.5) is 0 Å². The van der Waals surface area contributed by atoms with Crippen molar-refractivity contribution in [2.45, 2.75) is 32.2 Å². The van der Waals surface area contributed by atoms with Gasteiger partial charge in [-0.2, -0.15) is 5.10 Å². The van der Waals surface area contributed by atoms with Gasteiger partial charge in [-0.25, -0.2) is 0 Å². The largest absolute Gasteiger partial charge is 0.481 e. The van der Waals surface area contributed by atoms with Gasteiger partial charge in [0.1, 0.15) is 0 Å². The minimum atomic E-state index is -0.719. The molecule has 0 fully saturated rings. The van der Waals surface area contributed by atoms with Crippen LogP contribution in [0.2, 0.25) is 0 Å². The molecule has 0 aromatic carbocycles. The lowest BCUT2D eigenvalue weighted by atomic mass is 9.81. The van der Waals surface area contributed by atoms with Crippen LogP contribution in [0.15, 0.2) is 0 Å². The van der Waals surface area contributed by atoms with Gasteiger partial charge < -0.3 is 10.0 Å². The Morgan fingerprint density at radius 2 is 2.29 bits per heavy atom. The average molecular weight is 237 g/mol. The lowest BCUT2D eigenvalue weighted by Gasteiger charge is -2.32. The number of H-pyrrole nitrogens is 1. The number of carboxylic acid groups (broad SMARTS) is 1. The molecule has 1 heterocycles. The second kappa shape index (κ2) is 4.49. The predicted octanol–water partition coefficient (Wildman–Crippen LogP) is 1.36. The molecule has 5 heteroatoms. The number of nitrogens with zero attached hydrogens (tertiary/aromatic N) is 2. The summed E-state index contributed by atoms with van der Waals surface area (Å²) in [5.74, 6) is -0.529. The normalized spacial score (nSPS) is 23.8. The summed E-state index contributed by atoms with van der Waals surface area (Å²) in [7, 11) is 4.06. The Kier molecular flexibility index (Phi) is 3.19. The van der Waals surface area contributed by atoms with Crippen molar-refractivity contribution >= 4 is 5.97 Å². The van der Waals surface area contributed by atoms with Gasteiger partial charge in [-0.05, 0) is 39.8 Å². The Morgan fingerprint density at radius 1 is 1.59 bits per heavy atom. The number of aryl methyl sites for hydroxylation is 1. The van der Waals surface area contributed by atoms with E-state index in [2.05, 4.69) is 15.1 Å². The van der Waals surface area contributed by atoms with Crippen LogP contribution in [0.1, 0.15) is 35.8 Å². The van der Waals surface area contributed by atoms with Crippen LogP contribution in [0.5, 0.6) is 0 Å². The summed E-state index contributed by atoms with van der Waals surface area (Å²) in [6.07, 6.45) is 1.90. The highest BCUT2D eigenvalue weighted by Crippen LogP contribution is 2.37. The monoisotopic (exact) mass is 237 g/mol. The number of aliphatic carboxylic acids is 1. The lowest BCUT2D eigenvalue weighted by molar-refractivity contribution is -0.138. The molecule has 0 radical (unpaired) electrons. The number of aromatic amines is 1. The number of fused-ring (bicyclic) bond motifs is 1. The van der Waals surface area contributed by atoms with Gasteiger partial charge in [0.05, 0.1) is 5.69 Å². The Morgan fingerprint density at radius 3 is 2.88 bits per heavy atom. The first-order chi connectivity index (χ1) is 7.99. The third-order valence-electron chi connectivity index (χ3n) is 3.53. The highest BCUT2D eigenvalue weighted by atomic mass is 16.4. The van der Waals surface area contributed by atoms with E-state index in [9.17, 15) is 4.79 Å². The molecule has 2 unspecified atom stereocenters. The number of rotatable bonds is 3. The fourth-order valence-corrected chi connectivity index (χ4v) is 2.75. The molecule has 17 heavy (non-hydrogen) atoms. The van der Waals surface area contributed by atoms with Crippen LogP contribution < -0.4 is 0 Å². The van der Waals surface area contributed by atoms with Gasteiger partial charge in [0.25, 0.3) is 0 Å². The highest BCUT2D eigenvalue weighted by Gasteiger charge is 2.32. The van der Waals surface area contributed by atoms with E-state index < -0.39 is 5.97 Å². The van der Waals surface area contributed by atoms with Crippen LogP contribution in [-0.4, -0.2) is 40.3 Å². The maximum absolute atomic E-state index is 10.8. The molecule has 0 saturated carbocycles. The fourth-order valence-electron chi connectivity index (χ4n) is 2.75. The number of hydrogen-bond donors (Lipinski definition) is 2. The second-order valence-electron chi connectivity index (χ2n) is 5.09. The zero-order valence-corrected chi connectivity index (χ0v) is 10.5. The Labute approximate surface area is 101 Å². The van der Waals surface area contributed by atoms with E-state index >= 15 is 0 Å². The highest BCUT2D eigenvalue weighted by molar-refractivity contribution is 5.67. The third kappa shape index (κ3) is 2.34. The summed E-state index contributed by atoms with van der Waals surface area (Å²) in [4.78, 5) is 13.0. The molecule has 0 amide bonds. The van der Waals surface area contributed by atoms with E-state index in [1.165, 1.54) is 5.56 Å². The van der Waals surface area contributed by atoms with E-state index in [1.807, 2.05) is 21.0 Å². The number of aromatic nitrogens is 2. The van der Waals surface area contributed by atoms with E-state index in [4.69, 9.17) is 5.11 Å². The van der Waals surface area contributed by atoms with Gasteiger partial charge in [-0.3, -0.25) is 9.89 Å². The number of carbonyl (C=O) groups is 1. The standard InChI is InChI=1S/C12H19N3O2/c1-7-12-9(14-13-7)4-8(6-11(16)17)5-10(12)15(2)3/h8,10H,4-6H2,1-3H3,(H,13,14)(H,16,17). The van der Waals surface area contributed by atoms with Crippen molar-refractivity contribution in [1.82, 2.24) is 15.1 Å². The Balaban J connectivity index is 2.27. The van der Waals surface area contributed by atoms with E-state index in [1.54, 1.807) is 0 Å². The number of nitrogens with one attached hydrogen (secondary N) is 1. The first-order valence-corrected chi connectivity index (χ1v) is 5.91. The molecule has 0 spiro atoms. The summed E-state index contributed by atoms with van der Waals surface area (Å²) < 4.78 is 0. The Hall–Kier alpha value is -1.36. The third-order valence-corrected chi connectivity index (χ3v) is 3.53. The minimum absolute atomic E-state index is 0.190. The van der Waals surface area contributed by atoms with Gasteiger partial charge in [0.15, 0.2) is 0 Å². The van der Waals surface area contributed by atoms with Crippen molar-refractivity contribution in [2.24, 2.45) is 5.92 Å². The van der Waals surface area contributed by atoms with E-state index in [0.717, 1.165) is 24.2 Å². The molecular formula is C12H19N3O2. The molecule has 0 aliphatic heterocycles. The van der Waals surface area contributed by atoms with Crippen molar-refractivity contribution in [1.29, 1.82) is 0 Å². The molecule has 1 aliphatic rings. The summed E-state index contributed by atoms with van der Waals surface area (Å²) in [6.45, 7) is 2.03. The summed E-state index contributed by atoms with van der Waals surface area (Å²) >= 11 is 0. The first-order valence-electron chi connectivity index (χ1n) is 5.91. The van der Waals surface area contributed by atoms with Crippen LogP contribution in [0.3, 0.4) is 0 Å². The zero-order chi connectivity index (χ0) is 12.6. The predicted molar refractivity (Wildman–Crippen MR) is 63.8 cm³/mol. The first kappa shape index (κ1) is 12.1. The molecule has 94 valence electrons. The van der Waals surface area contributed by atoms with Crippen LogP contribution in [0, 0.1) is 12.8 Å². The number of hydrogen-bond acceptors (Lipinski definition) is 3. The van der Waals surface area contributed by atoms with Crippen molar-refractivity contribution in [2.75, 3.05) is 14.1 Å². The Bertz CT molecular complexity index is 425. The molecule has 1 aromatic rings. The maximum atomic E-state index is 10.8. The molecular weight excluding hydrogens is 218 g/mol. The van der Waals surface area contributed by atoms with Crippen LogP contribution >= 0.6 is 0 Å². The van der Waals surface area contributed by atoms with E-state index in [-0.39, 0.29) is 18.4 Å². The van der Waals surface area contributed by atoms with Crippen molar-refractivity contribution in [3.8, 4) is 0 Å². The van der Waals surface area contributed by atoms with Gasteiger partial charge >= 0.3 is 5.97 Å². The van der Waals surface area contributed by atoms with Crippen LogP contribution in [-0.2, 0) is 11.2 Å². The smallest absolute Gasteiger partial charge is 0.303 e. The zero-order valence-electron chi connectivity index (χ0n) is 10.5. The van der Waals surface area contributed by atoms with Crippen LogP contribution in [0.25, 0.3) is 0 Å². The minimum Gasteiger partial charge on any atom is -0.481 e. The summed E-state index contributed by atoms with van der Waals surface area (Å²) in [5.41, 5.74) is 3.41. The van der Waals surface area contributed by atoms with Crippen molar-refractivity contribution in [3.63, 3.8) is 0 Å². The molecule has 2 rings (SSSR count). The fraction of sp³-hybridized carbons (Fsp3) is 0.667. The number of carboxylic acids is 1. The second-order valence-corrected chi connectivity index (χ2v) is 5.09. The van der Waals surface area contributed by atoms with Crippen molar-refractivity contribution < 1.29 is 9.90 Å². The molecule has 5 nitrogen and oxygen atoms in total. The SMILES string of the molecule is Cc1[nH]nc2c1C(N(C)C)CC(CC(=O)O)C2. The molecule has 0 saturated heterocycles. The molecule has 2 atom stereocenters. The van der Waals surface area contributed by atoms with Crippen molar-refractivity contribution in [3.05, 3.63) is 17.0 Å². The topological polar surface area (TPSA) is 69.2 Å². The quantitative estimate of drug-likeness (QED) is 0.832. The van der Waals surface area contributed by atoms with Gasteiger partial charge in [0, 0.05) is 23.7 Å². The molecule has 1 aromatic heterocycles. The van der Waals surface area contributed by atoms with Gasteiger partial charge in [-0.15, -0.1) is 0 Å². The summed E-state index contributed by atoms with van der Waals surface area (Å²) in [6, 6.07) is 0.279. The lowest BCUT2D eigenvalue weighted by Crippen LogP contribution is -2.29. The molecule has 2 N–H and O–H groups in total. The molecule has 1 aliphatic carbocycles. The molecule has 0 bridgehead atoms. The summed E-state index contributed by atoms with van der Waals surface area (Å²) in [5, 5.41) is 16.2. The maximum Gasteiger partial charge on any atom is 0.303 e. The van der Waals surface area contributed by atoms with E-state index in [0.29, 0.717) is 0 Å².